The average Bonchev–Trinajstić information content (AvgIpc) is 3.66. The molecule has 0 N–H and O–H groups in total. The fourth-order valence-electron chi connectivity index (χ4n) is 7.95. The molecule has 0 aliphatic rings. The van der Waals surface area contributed by atoms with Gasteiger partial charge in [0.15, 0.2) is 17.5 Å². The summed E-state index contributed by atoms with van der Waals surface area (Å²) in [6.07, 6.45) is 0. The second-order valence-electron chi connectivity index (χ2n) is 14.0. The van der Waals surface area contributed by atoms with E-state index in [1.54, 1.807) is 0 Å². The molecule has 2 heterocycles. The molecular formula is C51H31N3O. The topological polar surface area (TPSA) is 51.8 Å². The van der Waals surface area contributed by atoms with Crippen LogP contribution in [-0.2, 0) is 0 Å². The maximum Gasteiger partial charge on any atom is 0.167 e. The van der Waals surface area contributed by atoms with Crippen molar-refractivity contribution in [1.82, 2.24) is 15.0 Å². The van der Waals surface area contributed by atoms with Crippen LogP contribution in [0.15, 0.2) is 192 Å². The summed E-state index contributed by atoms with van der Waals surface area (Å²) in [6.45, 7) is 0. The third-order valence-corrected chi connectivity index (χ3v) is 10.7. The van der Waals surface area contributed by atoms with Crippen LogP contribution in [0.25, 0.3) is 111 Å². The molecule has 4 heteroatoms. The normalized spacial score (nSPS) is 11.6. The highest BCUT2D eigenvalue weighted by molar-refractivity contribution is 6.24. The van der Waals surface area contributed by atoms with Gasteiger partial charge in [-0.25, -0.2) is 15.0 Å². The summed E-state index contributed by atoms with van der Waals surface area (Å²) in [5.74, 6) is 1.76. The first-order chi connectivity index (χ1) is 27.2. The van der Waals surface area contributed by atoms with Crippen LogP contribution < -0.4 is 0 Å². The second-order valence-corrected chi connectivity index (χ2v) is 14.0. The Bertz CT molecular complexity index is 3260. The van der Waals surface area contributed by atoms with Gasteiger partial charge in [0.2, 0.25) is 0 Å². The van der Waals surface area contributed by atoms with Crippen molar-refractivity contribution in [3.05, 3.63) is 188 Å². The van der Waals surface area contributed by atoms with E-state index < -0.39 is 0 Å². The molecule has 55 heavy (non-hydrogen) atoms. The Kier molecular flexibility index (Phi) is 7.14. The molecule has 0 saturated carbocycles. The number of hydrogen-bond acceptors (Lipinski definition) is 4. The van der Waals surface area contributed by atoms with Crippen LogP contribution in [0.4, 0.5) is 0 Å². The maximum atomic E-state index is 6.86. The summed E-state index contributed by atoms with van der Waals surface area (Å²) in [5.41, 5.74) is 8.82. The van der Waals surface area contributed by atoms with E-state index in [1.807, 2.05) is 12.1 Å². The minimum Gasteiger partial charge on any atom is -0.455 e. The molecule has 0 amide bonds. The monoisotopic (exact) mass is 701 g/mol. The van der Waals surface area contributed by atoms with Crippen LogP contribution in [0.5, 0.6) is 0 Å². The molecule has 0 saturated heterocycles. The molecule has 0 atom stereocenters. The molecule has 0 aliphatic carbocycles. The first-order valence-electron chi connectivity index (χ1n) is 18.5. The molecule has 0 spiro atoms. The molecule has 0 fully saturated rings. The van der Waals surface area contributed by atoms with Crippen molar-refractivity contribution in [3.8, 4) is 56.4 Å². The predicted molar refractivity (Wildman–Crippen MR) is 227 cm³/mol. The van der Waals surface area contributed by atoms with Gasteiger partial charge in [0.25, 0.3) is 0 Å². The summed E-state index contributed by atoms with van der Waals surface area (Å²) in [4.78, 5) is 15.6. The van der Waals surface area contributed by atoms with E-state index in [0.717, 1.165) is 82.1 Å². The van der Waals surface area contributed by atoms with Crippen LogP contribution in [0.3, 0.4) is 0 Å². The lowest BCUT2D eigenvalue weighted by Gasteiger charge is -2.12. The van der Waals surface area contributed by atoms with Crippen LogP contribution in [-0.4, -0.2) is 15.0 Å². The highest BCUT2D eigenvalue weighted by Gasteiger charge is 2.22. The van der Waals surface area contributed by atoms with Gasteiger partial charge in [0, 0.05) is 21.9 Å². The van der Waals surface area contributed by atoms with Crippen molar-refractivity contribution >= 4 is 54.3 Å². The van der Waals surface area contributed by atoms with E-state index in [4.69, 9.17) is 19.4 Å². The third kappa shape index (κ3) is 5.34. The molecule has 0 bridgehead atoms. The molecule has 256 valence electrons. The standard InChI is InChI=1S/C51H31N3O/c1-3-11-32(12-4-1)37-20-21-39-31-41(24-22-38(39)29-37)50-52-49(40-23-19-33-13-7-8-17-36(33)30-40)53-51(54-50)44-27-26-43(34-14-5-2-6-15-34)47-46-42-18-10-9-16-35(42)25-28-45(46)55-48(44)47/h1-31H. The molecule has 0 radical (unpaired) electrons. The molecule has 11 aromatic rings. The maximum absolute atomic E-state index is 6.86. The summed E-state index contributed by atoms with van der Waals surface area (Å²) in [5, 5.41) is 9.00. The quantitative estimate of drug-likeness (QED) is 0.179. The minimum atomic E-state index is 0.556. The average molecular weight is 702 g/mol. The van der Waals surface area contributed by atoms with Crippen LogP contribution in [0, 0.1) is 0 Å². The van der Waals surface area contributed by atoms with Crippen molar-refractivity contribution in [2.24, 2.45) is 0 Å². The fourth-order valence-corrected chi connectivity index (χ4v) is 7.95. The SMILES string of the molecule is c1ccc(-c2ccc3cc(-c4nc(-c5ccc6ccccc6c5)nc(-c5ccc(-c6ccccc6)c6c5oc5ccc7ccccc7c56)n4)ccc3c2)cc1. The zero-order chi connectivity index (χ0) is 36.3. The summed E-state index contributed by atoms with van der Waals surface area (Å²) < 4.78 is 6.86. The van der Waals surface area contributed by atoms with E-state index >= 15 is 0 Å². The Hall–Kier alpha value is -7.43. The Morgan fingerprint density at radius 1 is 0.309 bits per heavy atom. The molecule has 0 aliphatic heterocycles. The van der Waals surface area contributed by atoms with E-state index in [-0.39, 0.29) is 0 Å². The lowest BCUT2D eigenvalue weighted by atomic mass is 9.95. The molecular weight excluding hydrogens is 671 g/mol. The lowest BCUT2D eigenvalue weighted by molar-refractivity contribution is 0.670. The zero-order valence-electron chi connectivity index (χ0n) is 29.6. The Labute approximate surface area is 317 Å². The number of benzene rings is 9. The van der Waals surface area contributed by atoms with Gasteiger partial charge >= 0.3 is 0 Å². The number of nitrogens with zero attached hydrogens (tertiary/aromatic N) is 3. The smallest absolute Gasteiger partial charge is 0.167 e. The predicted octanol–water partition coefficient (Wildman–Crippen LogP) is 13.6. The lowest BCUT2D eigenvalue weighted by Crippen LogP contribution is -2.00. The van der Waals surface area contributed by atoms with Gasteiger partial charge in [-0.3, -0.25) is 0 Å². The van der Waals surface area contributed by atoms with Crippen LogP contribution >= 0.6 is 0 Å². The molecule has 4 nitrogen and oxygen atoms in total. The van der Waals surface area contributed by atoms with Crippen molar-refractivity contribution < 1.29 is 4.42 Å². The molecule has 11 rings (SSSR count). The van der Waals surface area contributed by atoms with Gasteiger partial charge in [-0.2, -0.15) is 0 Å². The van der Waals surface area contributed by atoms with E-state index in [2.05, 4.69) is 176 Å². The number of rotatable bonds is 5. The van der Waals surface area contributed by atoms with E-state index in [0.29, 0.717) is 17.5 Å². The van der Waals surface area contributed by atoms with Gasteiger partial charge in [-0.1, -0.05) is 158 Å². The van der Waals surface area contributed by atoms with Gasteiger partial charge in [-0.15, -0.1) is 0 Å². The van der Waals surface area contributed by atoms with Crippen LogP contribution in [0.2, 0.25) is 0 Å². The van der Waals surface area contributed by atoms with Crippen molar-refractivity contribution in [3.63, 3.8) is 0 Å². The van der Waals surface area contributed by atoms with Gasteiger partial charge < -0.3 is 4.42 Å². The Morgan fingerprint density at radius 2 is 0.818 bits per heavy atom. The summed E-state index contributed by atoms with van der Waals surface area (Å²) >= 11 is 0. The Morgan fingerprint density at radius 3 is 1.55 bits per heavy atom. The van der Waals surface area contributed by atoms with Crippen LogP contribution in [0.1, 0.15) is 0 Å². The number of hydrogen-bond donors (Lipinski definition) is 0. The Balaban J connectivity index is 1.15. The largest absolute Gasteiger partial charge is 0.455 e. The van der Waals surface area contributed by atoms with E-state index in [9.17, 15) is 0 Å². The fraction of sp³-hybridized carbons (Fsp3) is 0. The molecule has 2 aromatic heterocycles. The third-order valence-electron chi connectivity index (χ3n) is 10.7. The minimum absolute atomic E-state index is 0.556. The zero-order valence-corrected chi connectivity index (χ0v) is 29.6. The first kappa shape index (κ1) is 31.1. The molecule has 9 aromatic carbocycles. The number of fused-ring (bicyclic) bond motifs is 7. The van der Waals surface area contributed by atoms with Crippen molar-refractivity contribution in [2.45, 2.75) is 0 Å². The van der Waals surface area contributed by atoms with Gasteiger partial charge in [-0.05, 0) is 84.9 Å². The highest BCUT2D eigenvalue weighted by Crippen LogP contribution is 2.44. The second kappa shape index (κ2) is 12.6. The number of aromatic nitrogens is 3. The van der Waals surface area contributed by atoms with Gasteiger partial charge in [0.05, 0.1) is 5.56 Å². The highest BCUT2D eigenvalue weighted by atomic mass is 16.3. The summed E-state index contributed by atoms with van der Waals surface area (Å²) in [7, 11) is 0. The van der Waals surface area contributed by atoms with Gasteiger partial charge in [0.1, 0.15) is 11.2 Å². The van der Waals surface area contributed by atoms with E-state index in [1.165, 1.54) is 11.1 Å². The molecule has 0 unspecified atom stereocenters. The first-order valence-corrected chi connectivity index (χ1v) is 18.5. The van der Waals surface area contributed by atoms with Crippen molar-refractivity contribution in [2.75, 3.05) is 0 Å². The summed E-state index contributed by atoms with van der Waals surface area (Å²) in [6, 6.07) is 65.8. The number of furan rings is 1. The van der Waals surface area contributed by atoms with Crippen molar-refractivity contribution in [1.29, 1.82) is 0 Å².